The smallest absolute Gasteiger partial charge is 0.264 e. The van der Waals surface area contributed by atoms with Gasteiger partial charge in [0.05, 0.1) is 10.6 Å². The van der Waals surface area contributed by atoms with Gasteiger partial charge in [-0.2, -0.15) is 0 Å². The maximum atomic E-state index is 14.5. The summed E-state index contributed by atoms with van der Waals surface area (Å²) >= 11 is 19.1. The minimum Gasteiger partial charge on any atom is -0.352 e. The van der Waals surface area contributed by atoms with Gasteiger partial charge >= 0.3 is 0 Å². The normalized spacial score (nSPS) is 12.6. The van der Waals surface area contributed by atoms with Crippen LogP contribution in [0.25, 0.3) is 0 Å². The molecule has 4 aromatic rings. The first-order chi connectivity index (χ1) is 21.5. The Labute approximate surface area is 279 Å². The van der Waals surface area contributed by atoms with Gasteiger partial charge in [0.15, 0.2) is 0 Å². The summed E-state index contributed by atoms with van der Waals surface area (Å²) in [6, 6.07) is 27.2. The van der Waals surface area contributed by atoms with Crippen LogP contribution in [0.15, 0.2) is 108 Å². The summed E-state index contributed by atoms with van der Waals surface area (Å²) in [7, 11) is -4.24. The van der Waals surface area contributed by atoms with Crippen molar-refractivity contribution in [2.24, 2.45) is 0 Å². The van der Waals surface area contributed by atoms with Crippen molar-refractivity contribution in [1.29, 1.82) is 0 Å². The van der Waals surface area contributed by atoms with E-state index < -0.39 is 28.5 Å². The summed E-state index contributed by atoms with van der Waals surface area (Å²) in [4.78, 5) is 29.7. The summed E-state index contributed by atoms with van der Waals surface area (Å²) in [5.74, 6) is -0.996. The molecule has 4 rings (SSSR count). The lowest BCUT2D eigenvalue weighted by Gasteiger charge is -2.34. The first kappa shape index (κ1) is 34.3. The molecule has 1 N–H and O–H groups in total. The number of benzene rings is 4. The van der Waals surface area contributed by atoms with E-state index >= 15 is 0 Å². The van der Waals surface area contributed by atoms with E-state index in [4.69, 9.17) is 34.8 Å². The maximum absolute atomic E-state index is 14.5. The van der Waals surface area contributed by atoms with E-state index in [-0.39, 0.29) is 35.5 Å². The second-order valence-corrected chi connectivity index (χ2v) is 13.7. The Kier molecular flexibility index (Phi) is 11.9. The number of hydrogen-bond donors (Lipinski definition) is 1. The summed E-state index contributed by atoms with van der Waals surface area (Å²) < 4.78 is 29.1. The van der Waals surface area contributed by atoms with E-state index in [9.17, 15) is 18.0 Å². The van der Waals surface area contributed by atoms with E-state index in [0.29, 0.717) is 27.1 Å². The fourth-order valence-corrected chi connectivity index (χ4v) is 6.76. The third kappa shape index (κ3) is 8.79. The molecule has 0 aliphatic rings. The number of carbonyl (C=O) groups is 2. The molecule has 0 radical (unpaired) electrons. The Morgan fingerprint density at radius 3 is 1.96 bits per heavy atom. The van der Waals surface area contributed by atoms with Gasteiger partial charge < -0.3 is 10.2 Å². The Bertz CT molecular complexity index is 1690. The molecule has 7 nitrogen and oxygen atoms in total. The standard InChI is InChI=1S/C34H34Cl3N3O4S/c1-3-24(2)38-34(42)32(21-25-11-6-4-7-12-25)39(22-29-30(36)15-10-16-31(29)37)33(41)23-40(27-13-8-5-9-14-27)45(43,44)28-19-17-26(35)18-20-28/h4-20,24,32H,3,21-23H2,1-2H3,(H,38,42)/t24-,32-/m0/s1. The topological polar surface area (TPSA) is 86.8 Å². The summed E-state index contributed by atoms with van der Waals surface area (Å²) in [6.07, 6.45) is 0.849. The lowest BCUT2D eigenvalue weighted by atomic mass is 10.0. The zero-order chi connectivity index (χ0) is 32.6. The number of amides is 2. The van der Waals surface area contributed by atoms with Crippen LogP contribution in [0.1, 0.15) is 31.4 Å². The van der Waals surface area contributed by atoms with Crippen molar-refractivity contribution in [3.05, 3.63) is 129 Å². The van der Waals surface area contributed by atoms with Gasteiger partial charge in [-0.3, -0.25) is 13.9 Å². The molecule has 0 unspecified atom stereocenters. The number of nitrogens with zero attached hydrogens (tertiary/aromatic N) is 2. The summed E-state index contributed by atoms with van der Waals surface area (Å²) in [5, 5.41) is 4.00. The van der Waals surface area contributed by atoms with Crippen molar-refractivity contribution in [2.75, 3.05) is 10.8 Å². The van der Waals surface area contributed by atoms with Crippen LogP contribution in [-0.2, 0) is 32.6 Å². The average Bonchev–Trinajstić information content (AvgIpc) is 3.03. The number of nitrogens with one attached hydrogen (secondary N) is 1. The monoisotopic (exact) mass is 685 g/mol. The van der Waals surface area contributed by atoms with Gasteiger partial charge in [-0.15, -0.1) is 0 Å². The van der Waals surface area contributed by atoms with Crippen LogP contribution in [0.2, 0.25) is 15.1 Å². The van der Waals surface area contributed by atoms with Crippen molar-refractivity contribution in [3.8, 4) is 0 Å². The lowest BCUT2D eigenvalue weighted by molar-refractivity contribution is -0.140. The quantitative estimate of drug-likeness (QED) is 0.159. The van der Waals surface area contributed by atoms with Gasteiger partial charge in [0, 0.05) is 39.6 Å². The fourth-order valence-electron chi connectivity index (χ4n) is 4.71. The molecule has 0 aliphatic heterocycles. The largest absolute Gasteiger partial charge is 0.352 e. The van der Waals surface area contributed by atoms with E-state index in [0.717, 1.165) is 9.87 Å². The third-order valence-corrected chi connectivity index (χ3v) is 10.1. The van der Waals surface area contributed by atoms with E-state index in [1.807, 2.05) is 44.2 Å². The number of rotatable bonds is 13. The molecule has 2 atom stereocenters. The van der Waals surface area contributed by atoms with Gasteiger partial charge in [-0.1, -0.05) is 96.3 Å². The molecule has 0 spiro atoms. The Morgan fingerprint density at radius 2 is 1.38 bits per heavy atom. The molecule has 45 heavy (non-hydrogen) atoms. The number of anilines is 1. The number of hydrogen-bond acceptors (Lipinski definition) is 4. The second kappa shape index (κ2) is 15.6. The molecule has 0 saturated heterocycles. The van der Waals surface area contributed by atoms with Crippen molar-refractivity contribution in [3.63, 3.8) is 0 Å². The second-order valence-electron chi connectivity index (χ2n) is 10.5. The molecular weight excluding hydrogens is 653 g/mol. The van der Waals surface area contributed by atoms with Crippen LogP contribution < -0.4 is 9.62 Å². The first-order valence-electron chi connectivity index (χ1n) is 14.4. The van der Waals surface area contributed by atoms with Gasteiger partial charge in [0.1, 0.15) is 12.6 Å². The fraction of sp³-hybridized carbons (Fsp3) is 0.235. The molecule has 236 valence electrons. The molecular formula is C34H34Cl3N3O4S. The van der Waals surface area contributed by atoms with Crippen LogP contribution in [-0.4, -0.2) is 43.8 Å². The van der Waals surface area contributed by atoms with Crippen LogP contribution in [0.4, 0.5) is 5.69 Å². The number of para-hydroxylation sites is 1. The van der Waals surface area contributed by atoms with Crippen molar-refractivity contribution in [2.45, 2.75) is 50.2 Å². The zero-order valence-corrected chi connectivity index (χ0v) is 28.0. The Hall–Kier alpha value is -3.56. The van der Waals surface area contributed by atoms with Crippen LogP contribution in [0.3, 0.4) is 0 Å². The summed E-state index contributed by atoms with van der Waals surface area (Å²) in [5.41, 5.74) is 1.54. The van der Waals surface area contributed by atoms with Gasteiger partial charge in [0.25, 0.3) is 10.0 Å². The van der Waals surface area contributed by atoms with E-state index in [1.54, 1.807) is 48.5 Å². The molecule has 0 aromatic heterocycles. The predicted molar refractivity (Wildman–Crippen MR) is 181 cm³/mol. The number of carbonyl (C=O) groups excluding carboxylic acids is 2. The van der Waals surface area contributed by atoms with Crippen LogP contribution >= 0.6 is 34.8 Å². The Morgan fingerprint density at radius 1 is 0.800 bits per heavy atom. The van der Waals surface area contributed by atoms with Crippen molar-refractivity contribution < 1.29 is 18.0 Å². The molecule has 0 saturated carbocycles. The van der Waals surface area contributed by atoms with Crippen molar-refractivity contribution in [1.82, 2.24) is 10.2 Å². The molecule has 0 bridgehead atoms. The van der Waals surface area contributed by atoms with Crippen LogP contribution in [0.5, 0.6) is 0 Å². The molecule has 11 heteroatoms. The SMILES string of the molecule is CC[C@H](C)NC(=O)[C@H](Cc1ccccc1)N(Cc1c(Cl)cccc1Cl)C(=O)CN(c1ccccc1)S(=O)(=O)c1ccc(Cl)cc1. The van der Waals surface area contributed by atoms with Gasteiger partial charge in [0.2, 0.25) is 11.8 Å². The first-order valence-corrected chi connectivity index (χ1v) is 17.0. The zero-order valence-electron chi connectivity index (χ0n) is 24.9. The molecule has 0 heterocycles. The molecule has 2 amide bonds. The van der Waals surface area contributed by atoms with Gasteiger partial charge in [-0.25, -0.2) is 8.42 Å². The minimum absolute atomic E-state index is 0.0420. The third-order valence-electron chi connectivity index (χ3n) is 7.39. The Balaban J connectivity index is 1.82. The summed E-state index contributed by atoms with van der Waals surface area (Å²) in [6.45, 7) is 3.10. The molecule has 0 fully saturated rings. The van der Waals surface area contributed by atoms with E-state index in [1.165, 1.54) is 29.2 Å². The number of halogens is 3. The van der Waals surface area contributed by atoms with Crippen LogP contribution in [0, 0.1) is 0 Å². The predicted octanol–water partition coefficient (Wildman–Crippen LogP) is 7.40. The highest BCUT2D eigenvalue weighted by atomic mass is 35.5. The van der Waals surface area contributed by atoms with Crippen molar-refractivity contribution >= 4 is 62.3 Å². The van der Waals surface area contributed by atoms with E-state index in [2.05, 4.69) is 5.32 Å². The highest BCUT2D eigenvalue weighted by Gasteiger charge is 2.35. The molecule has 4 aromatic carbocycles. The maximum Gasteiger partial charge on any atom is 0.264 e. The minimum atomic E-state index is -4.24. The van der Waals surface area contributed by atoms with Gasteiger partial charge in [-0.05, 0) is 67.4 Å². The number of sulfonamides is 1. The highest BCUT2D eigenvalue weighted by molar-refractivity contribution is 7.92. The average molecular weight is 687 g/mol. The highest BCUT2D eigenvalue weighted by Crippen LogP contribution is 2.29. The lowest BCUT2D eigenvalue weighted by Crippen LogP contribution is -2.54. The molecule has 0 aliphatic carbocycles.